The summed E-state index contributed by atoms with van der Waals surface area (Å²) in [5.74, 6) is -1.34. The lowest BCUT2D eigenvalue weighted by atomic mass is 10.8. The molecule has 0 rings (SSSR count). The molecule has 12 nitrogen and oxygen atoms in total. The highest BCUT2D eigenvalue weighted by molar-refractivity contribution is 8.76. The van der Waals surface area contributed by atoms with Gasteiger partial charge in [0.1, 0.15) is 25.3 Å². The van der Waals surface area contributed by atoms with Gasteiger partial charge >= 0.3 is 23.9 Å². The topological polar surface area (TPSA) is 208 Å². The van der Waals surface area contributed by atoms with E-state index in [0.717, 1.165) is 5.75 Å². The lowest BCUT2D eigenvalue weighted by Crippen LogP contribution is -1.98. The van der Waals surface area contributed by atoms with Gasteiger partial charge in [-0.3, -0.25) is 19.2 Å². The predicted molar refractivity (Wildman–Crippen MR) is 138 cm³/mol. The van der Waals surface area contributed by atoms with Crippen LogP contribution in [0.5, 0.6) is 0 Å². The molecule has 0 bridgehead atoms. The van der Waals surface area contributed by atoms with Crippen LogP contribution >= 0.6 is 69.5 Å². The lowest BCUT2D eigenvalue weighted by molar-refractivity contribution is -0.134. The molecule has 0 amide bonds. The van der Waals surface area contributed by atoms with E-state index >= 15 is 0 Å². The van der Waals surface area contributed by atoms with Crippen LogP contribution in [0.2, 0.25) is 0 Å². The molecule has 198 valence electrons. The summed E-state index contributed by atoms with van der Waals surface area (Å²) in [4.78, 5) is 38.9. The number of aliphatic hydroxyl groups excluding tert-OH is 2. The Balaban J connectivity index is -0.000000177. The highest BCUT2D eigenvalue weighted by Crippen LogP contribution is 2.20. The molecule has 0 aliphatic heterocycles. The number of thioether (sulfide) groups is 3. The van der Waals surface area contributed by atoms with Gasteiger partial charge in [-0.25, -0.2) is 0 Å². The second kappa shape index (κ2) is 36.4. The van der Waals surface area contributed by atoms with Crippen molar-refractivity contribution in [2.45, 2.75) is 6.92 Å². The van der Waals surface area contributed by atoms with Gasteiger partial charge in [0.15, 0.2) is 0 Å². The highest BCUT2D eigenvalue weighted by Gasteiger charge is 1.96. The molecule has 0 fully saturated rings. The molecule has 0 unspecified atom stereocenters. The minimum Gasteiger partial charge on any atom is -0.481 e. The average molecular weight is 595 g/mol. The molecule has 0 aromatic carbocycles. The molecule has 0 aromatic rings. The van der Waals surface area contributed by atoms with Crippen molar-refractivity contribution in [3.63, 3.8) is 0 Å². The Morgan fingerprint density at radius 2 is 1.15 bits per heavy atom. The van der Waals surface area contributed by atoms with Crippen molar-refractivity contribution in [3.8, 4) is 0 Å². The molecular weight excluding hydrogens is 565 g/mol. The number of carboxylic acid groups (broad SMARTS) is 4. The molecule has 0 atom stereocenters. The van der Waals surface area contributed by atoms with Crippen LogP contribution in [-0.2, 0) is 28.7 Å². The number of carbonyl (C=O) groups is 4. The summed E-state index contributed by atoms with van der Waals surface area (Å²) >= 11 is 7.58. The third-order valence-corrected chi connectivity index (χ3v) is 6.89. The molecule has 18 heteroatoms. The SMILES string of the molecule is CCSCC(=O)O.O=C(O)CS.O=C(O)CSCSCOCO.O=C(O)CSSCOCO. The van der Waals surface area contributed by atoms with Gasteiger partial charge in [-0.2, -0.15) is 24.4 Å². The van der Waals surface area contributed by atoms with Crippen LogP contribution in [-0.4, -0.2) is 114 Å². The largest absolute Gasteiger partial charge is 0.481 e. The van der Waals surface area contributed by atoms with Crippen LogP contribution < -0.4 is 0 Å². The van der Waals surface area contributed by atoms with Crippen LogP contribution in [0.1, 0.15) is 6.92 Å². The van der Waals surface area contributed by atoms with E-state index in [-0.39, 0.29) is 36.6 Å². The average Bonchev–Trinajstić information content (AvgIpc) is 2.75. The Labute approximate surface area is 218 Å². The number of hydrogen-bond acceptors (Lipinski definition) is 14. The predicted octanol–water partition coefficient (Wildman–Crippen LogP) is 1.62. The summed E-state index contributed by atoms with van der Waals surface area (Å²) in [6.45, 7) is 1.34. The molecule has 6 N–H and O–H groups in total. The number of thiol groups is 1. The summed E-state index contributed by atoms with van der Waals surface area (Å²) in [7, 11) is 2.44. The fourth-order valence-corrected chi connectivity index (χ4v) is 3.88. The maximum Gasteiger partial charge on any atom is 0.314 e. The first-order chi connectivity index (χ1) is 15.6. The van der Waals surface area contributed by atoms with Crippen LogP contribution in [0.3, 0.4) is 0 Å². The Morgan fingerprint density at radius 1 is 0.697 bits per heavy atom. The van der Waals surface area contributed by atoms with E-state index in [4.69, 9.17) is 30.6 Å². The maximum atomic E-state index is 9.99. The molecule has 0 heterocycles. The number of aliphatic carboxylic acids is 4. The molecule has 0 spiro atoms. The van der Waals surface area contributed by atoms with Crippen LogP contribution in [0, 0.1) is 0 Å². The van der Waals surface area contributed by atoms with E-state index in [1.165, 1.54) is 56.9 Å². The standard InChI is InChI=1S/C5H10O4S2.C4H8O4S2.C4H8O2S.C2H4O2S/c6-2-9-3-11-4-10-1-5(7)8;5-2-8-3-10-9-1-4(6)7;1-2-7-3-4(5)6;3-2(4)1-5/h6H,1-4H2,(H,7,8);5H,1-3H2,(H,6,7);2-3H2,1H3,(H,5,6);5H,1H2,(H,3,4). The van der Waals surface area contributed by atoms with Gasteiger partial charge in [-0.15, -0.1) is 23.5 Å². The summed E-state index contributed by atoms with van der Waals surface area (Å²) in [5.41, 5.74) is 0. The molecule has 0 aromatic heterocycles. The molecule has 0 aliphatic rings. The number of carboxylic acids is 4. The Kier molecular flexibility index (Phi) is 44.1. The van der Waals surface area contributed by atoms with Crippen molar-refractivity contribution in [2.75, 3.05) is 59.3 Å². The molecule has 0 aliphatic carbocycles. The fourth-order valence-electron chi connectivity index (χ4n) is 0.705. The second-order valence-corrected chi connectivity index (χ2v) is 10.6. The van der Waals surface area contributed by atoms with Crippen LogP contribution in [0.25, 0.3) is 0 Å². The van der Waals surface area contributed by atoms with E-state index in [2.05, 4.69) is 22.1 Å². The Hall–Kier alpha value is -0.180. The lowest BCUT2D eigenvalue weighted by Gasteiger charge is -1.98. The van der Waals surface area contributed by atoms with E-state index in [9.17, 15) is 19.2 Å². The molecule has 0 saturated heterocycles. The van der Waals surface area contributed by atoms with E-state index in [1.807, 2.05) is 6.92 Å². The van der Waals surface area contributed by atoms with Crippen molar-refractivity contribution in [1.82, 2.24) is 0 Å². The highest BCUT2D eigenvalue weighted by atomic mass is 33.1. The quantitative estimate of drug-likeness (QED) is 0.0552. The number of ether oxygens (including phenoxy) is 2. The Bertz CT molecular complexity index is 473. The zero-order chi connectivity index (χ0) is 26.3. The molecule has 33 heavy (non-hydrogen) atoms. The fraction of sp³-hybridized carbons (Fsp3) is 0.733. The number of aliphatic hydroxyl groups is 2. The van der Waals surface area contributed by atoms with Gasteiger partial charge < -0.3 is 40.1 Å². The summed E-state index contributed by atoms with van der Waals surface area (Å²) in [5, 5.41) is 49.0. The van der Waals surface area contributed by atoms with Gasteiger partial charge in [0.25, 0.3) is 0 Å². The minimum absolute atomic E-state index is 0.0550. The molecular formula is C15H30O12S6. The van der Waals surface area contributed by atoms with Gasteiger partial charge in [0, 0.05) is 5.08 Å². The third-order valence-electron chi connectivity index (χ3n) is 1.70. The first kappa shape index (κ1) is 40.0. The van der Waals surface area contributed by atoms with Crippen LogP contribution in [0.15, 0.2) is 0 Å². The summed E-state index contributed by atoms with van der Waals surface area (Å²) < 4.78 is 9.12. The first-order valence-corrected chi connectivity index (χ1v) is 15.0. The summed E-state index contributed by atoms with van der Waals surface area (Å²) in [6.07, 6.45) is 0. The zero-order valence-electron chi connectivity index (χ0n) is 17.7. The molecule has 0 radical (unpaired) electrons. The van der Waals surface area contributed by atoms with Crippen molar-refractivity contribution in [2.24, 2.45) is 0 Å². The third kappa shape index (κ3) is 65.3. The van der Waals surface area contributed by atoms with Crippen molar-refractivity contribution in [3.05, 3.63) is 0 Å². The number of rotatable bonds is 17. The van der Waals surface area contributed by atoms with Crippen molar-refractivity contribution in [1.29, 1.82) is 0 Å². The van der Waals surface area contributed by atoms with E-state index in [0.29, 0.717) is 17.0 Å². The van der Waals surface area contributed by atoms with Crippen molar-refractivity contribution >= 4 is 93.4 Å². The van der Waals surface area contributed by atoms with Gasteiger partial charge in [-0.05, 0) is 5.75 Å². The van der Waals surface area contributed by atoms with E-state index in [1.54, 1.807) is 0 Å². The van der Waals surface area contributed by atoms with E-state index < -0.39 is 23.9 Å². The van der Waals surface area contributed by atoms with Gasteiger partial charge in [0.2, 0.25) is 0 Å². The molecule has 0 saturated carbocycles. The van der Waals surface area contributed by atoms with Crippen molar-refractivity contribution < 1.29 is 59.3 Å². The smallest absolute Gasteiger partial charge is 0.314 e. The monoisotopic (exact) mass is 594 g/mol. The van der Waals surface area contributed by atoms with Gasteiger partial charge in [-0.1, -0.05) is 28.5 Å². The number of hydrogen-bond donors (Lipinski definition) is 7. The normalized spacial score (nSPS) is 9.21. The first-order valence-electron chi connectivity index (χ1n) is 8.41. The summed E-state index contributed by atoms with van der Waals surface area (Å²) in [6, 6.07) is 0. The maximum absolute atomic E-state index is 9.99. The minimum atomic E-state index is -0.881. The van der Waals surface area contributed by atoms with Crippen LogP contribution in [0.4, 0.5) is 0 Å². The van der Waals surface area contributed by atoms with Gasteiger partial charge in [0.05, 0.1) is 23.2 Å². The Morgan fingerprint density at radius 3 is 1.52 bits per heavy atom. The second-order valence-electron chi connectivity index (χ2n) is 4.32. The zero-order valence-corrected chi connectivity index (χ0v) is 22.7.